The van der Waals surface area contributed by atoms with Crippen molar-refractivity contribution in [2.24, 2.45) is 12.5 Å². The summed E-state index contributed by atoms with van der Waals surface area (Å²) in [6.45, 7) is 6.68. The summed E-state index contributed by atoms with van der Waals surface area (Å²) in [6, 6.07) is 6.29. The highest BCUT2D eigenvalue weighted by molar-refractivity contribution is 5.82. The predicted octanol–water partition coefficient (Wildman–Crippen LogP) is 4.47. The molecule has 0 aliphatic carbocycles. The molecule has 0 unspecified atom stereocenters. The molecule has 2 aromatic heterocycles. The van der Waals surface area contributed by atoms with E-state index >= 15 is 0 Å². The van der Waals surface area contributed by atoms with Crippen LogP contribution >= 0.6 is 0 Å². The summed E-state index contributed by atoms with van der Waals surface area (Å²) in [5.41, 5.74) is 1.35. The Morgan fingerprint density at radius 1 is 1.00 bits per heavy atom. The molecule has 0 fully saturated rings. The second-order valence-electron chi connectivity index (χ2n) is 7.65. The van der Waals surface area contributed by atoms with E-state index in [1.807, 2.05) is 20.8 Å². The van der Waals surface area contributed by atoms with Crippen LogP contribution in [0.3, 0.4) is 0 Å². The van der Waals surface area contributed by atoms with Crippen molar-refractivity contribution in [1.29, 1.82) is 0 Å². The lowest BCUT2D eigenvalue weighted by Gasteiger charge is -2.18. The summed E-state index contributed by atoms with van der Waals surface area (Å²) < 4.78 is 42.0. The van der Waals surface area contributed by atoms with Gasteiger partial charge in [-0.05, 0) is 29.2 Å². The van der Waals surface area contributed by atoms with E-state index in [9.17, 15) is 18.0 Å². The topological polar surface area (TPSA) is 39.8 Å². The first-order valence-electron chi connectivity index (χ1n) is 8.19. The Hall–Kier alpha value is -2.57. The summed E-state index contributed by atoms with van der Waals surface area (Å²) in [6.07, 6.45) is -2.26. The number of fused-ring (bicyclic) bond motifs is 1. The molecule has 0 spiro atoms. The molecular formula is C19H20F3N3O. The zero-order chi connectivity index (χ0) is 19.3. The summed E-state index contributed by atoms with van der Waals surface area (Å²) in [5.74, 6) is 0. The first-order chi connectivity index (χ1) is 12.0. The van der Waals surface area contributed by atoms with E-state index in [1.54, 1.807) is 29.8 Å². The van der Waals surface area contributed by atoms with Gasteiger partial charge >= 0.3 is 11.9 Å². The third-order valence-corrected chi connectivity index (χ3v) is 4.18. The van der Waals surface area contributed by atoms with Crippen molar-refractivity contribution < 1.29 is 13.2 Å². The van der Waals surface area contributed by atoms with E-state index < -0.39 is 11.7 Å². The fourth-order valence-electron chi connectivity index (χ4n) is 2.97. The van der Waals surface area contributed by atoms with Gasteiger partial charge in [0.2, 0.25) is 0 Å². The largest absolute Gasteiger partial charge is 0.417 e. The Kier molecular flexibility index (Phi) is 4.21. The molecule has 4 nitrogen and oxygen atoms in total. The second kappa shape index (κ2) is 6.00. The minimum absolute atomic E-state index is 0.0816. The molecule has 26 heavy (non-hydrogen) atoms. The maximum absolute atomic E-state index is 12.9. The van der Waals surface area contributed by atoms with Crippen LogP contribution in [0, 0.1) is 5.41 Å². The minimum Gasteiger partial charge on any atom is -0.295 e. The maximum atomic E-state index is 12.9. The van der Waals surface area contributed by atoms with Crippen LogP contribution in [0.5, 0.6) is 0 Å². The number of aromatic nitrogens is 3. The van der Waals surface area contributed by atoms with E-state index in [2.05, 4.69) is 4.98 Å². The molecule has 0 radical (unpaired) electrons. The smallest absolute Gasteiger partial charge is 0.295 e. The molecule has 0 atom stereocenters. The van der Waals surface area contributed by atoms with Crippen molar-refractivity contribution in [1.82, 2.24) is 14.1 Å². The van der Waals surface area contributed by atoms with Crippen LogP contribution in [0.4, 0.5) is 13.2 Å². The molecule has 0 aliphatic heterocycles. The predicted molar refractivity (Wildman–Crippen MR) is 94.9 cm³/mol. The Labute approximate surface area is 148 Å². The quantitative estimate of drug-likeness (QED) is 0.674. The Bertz CT molecular complexity index is 1020. The number of rotatable bonds is 2. The van der Waals surface area contributed by atoms with Gasteiger partial charge in [-0.3, -0.25) is 14.1 Å². The van der Waals surface area contributed by atoms with Crippen LogP contribution in [0.1, 0.15) is 26.3 Å². The highest BCUT2D eigenvalue weighted by Crippen LogP contribution is 2.32. The lowest BCUT2D eigenvalue weighted by atomic mass is 9.97. The molecule has 0 saturated heterocycles. The fraction of sp³-hybridized carbons (Fsp3) is 0.368. The molecule has 0 bridgehead atoms. The maximum Gasteiger partial charge on any atom is 0.417 e. The third kappa shape index (κ3) is 3.38. The van der Waals surface area contributed by atoms with Gasteiger partial charge in [0, 0.05) is 31.5 Å². The van der Waals surface area contributed by atoms with Crippen molar-refractivity contribution in [3.05, 3.63) is 52.7 Å². The van der Waals surface area contributed by atoms with Crippen LogP contribution in [-0.4, -0.2) is 14.1 Å². The lowest BCUT2D eigenvalue weighted by molar-refractivity contribution is -0.137. The number of benzene rings is 1. The van der Waals surface area contributed by atoms with Crippen molar-refractivity contribution in [2.45, 2.75) is 33.5 Å². The van der Waals surface area contributed by atoms with Crippen LogP contribution in [-0.2, 0) is 19.8 Å². The minimum atomic E-state index is -4.45. The van der Waals surface area contributed by atoms with E-state index in [4.69, 9.17) is 0 Å². The van der Waals surface area contributed by atoms with Crippen LogP contribution in [0.2, 0.25) is 0 Å². The average Bonchev–Trinajstić information content (AvgIpc) is 2.77. The zero-order valence-corrected chi connectivity index (χ0v) is 15.1. The number of nitrogens with zero attached hydrogens (tertiary/aromatic N) is 3. The van der Waals surface area contributed by atoms with Gasteiger partial charge in [0.1, 0.15) is 0 Å². The SMILES string of the molecule is Cn1c(=O)n(CC(C)(C)C)c2ccc(-c3cncc(C(F)(F)F)c3)cc21. The molecule has 0 N–H and O–H groups in total. The Balaban J connectivity index is 2.14. The monoisotopic (exact) mass is 363 g/mol. The normalized spacial score (nSPS) is 12.7. The molecule has 0 saturated carbocycles. The molecule has 1 aromatic carbocycles. The Morgan fingerprint density at radius 3 is 2.31 bits per heavy atom. The zero-order valence-electron chi connectivity index (χ0n) is 15.1. The van der Waals surface area contributed by atoms with Gasteiger partial charge in [-0.1, -0.05) is 26.8 Å². The van der Waals surface area contributed by atoms with Crippen molar-refractivity contribution in [2.75, 3.05) is 0 Å². The van der Waals surface area contributed by atoms with Gasteiger partial charge in [-0.25, -0.2) is 4.79 Å². The number of hydrogen-bond donors (Lipinski definition) is 0. The van der Waals surface area contributed by atoms with E-state index in [-0.39, 0.29) is 11.1 Å². The van der Waals surface area contributed by atoms with Gasteiger partial charge in [-0.2, -0.15) is 13.2 Å². The summed E-state index contributed by atoms with van der Waals surface area (Å²) in [7, 11) is 1.66. The van der Waals surface area contributed by atoms with Gasteiger partial charge in [0.15, 0.2) is 0 Å². The summed E-state index contributed by atoms with van der Waals surface area (Å²) in [4.78, 5) is 16.3. The molecule has 0 aliphatic rings. The lowest BCUT2D eigenvalue weighted by Crippen LogP contribution is -2.27. The molecule has 138 valence electrons. The first kappa shape index (κ1) is 18.2. The second-order valence-corrected chi connectivity index (χ2v) is 7.65. The van der Waals surface area contributed by atoms with E-state index in [1.165, 1.54) is 10.8 Å². The number of aryl methyl sites for hydroxylation is 1. The molecule has 2 heterocycles. The number of halogens is 3. The first-order valence-corrected chi connectivity index (χ1v) is 8.19. The number of pyridine rings is 1. The van der Waals surface area contributed by atoms with E-state index in [0.29, 0.717) is 23.2 Å². The third-order valence-electron chi connectivity index (χ3n) is 4.18. The molecule has 7 heteroatoms. The van der Waals surface area contributed by atoms with Crippen LogP contribution < -0.4 is 5.69 Å². The molecule has 0 amide bonds. The standard InChI is InChI=1S/C19H20F3N3O/c1-18(2,3)11-25-15-6-5-12(8-16(15)24(4)17(25)26)13-7-14(10-23-9-13)19(20,21)22/h5-10H,11H2,1-4H3. The van der Waals surface area contributed by atoms with Crippen molar-refractivity contribution in [3.63, 3.8) is 0 Å². The number of alkyl halides is 3. The highest BCUT2D eigenvalue weighted by atomic mass is 19.4. The number of hydrogen-bond acceptors (Lipinski definition) is 2. The van der Waals surface area contributed by atoms with Gasteiger partial charge < -0.3 is 0 Å². The average molecular weight is 363 g/mol. The van der Waals surface area contributed by atoms with Gasteiger partial charge in [0.25, 0.3) is 0 Å². The highest BCUT2D eigenvalue weighted by Gasteiger charge is 2.31. The number of imidazole rings is 1. The van der Waals surface area contributed by atoms with Crippen LogP contribution in [0.25, 0.3) is 22.2 Å². The van der Waals surface area contributed by atoms with Crippen LogP contribution in [0.15, 0.2) is 41.5 Å². The summed E-state index contributed by atoms with van der Waals surface area (Å²) >= 11 is 0. The fourth-order valence-corrected chi connectivity index (χ4v) is 2.97. The molecular weight excluding hydrogens is 343 g/mol. The van der Waals surface area contributed by atoms with Gasteiger partial charge in [-0.15, -0.1) is 0 Å². The Morgan fingerprint density at radius 2 is 1.69 bits per heavy atom. The van der Waals surface area contributed by atoms with Crippen molar-refractivity contribution in [3.8, 4) is 11.1 Å². The van der Waals surface area contributed by atoms with E-state index in [0.717, 1.165) is 17.8 Å². The molecule has 3 rings (SSSR count). The van der Waals surface area contributed by atoms with Crippen molar-refractivity contribution >= 4 is 11.0 Å². The summed E-state index contributed by atoms with van der Waals surface area (Å²) in [5, 5.41) is 0. The molecule has 3 aromatic rings. The van der Waals surface area contributed by atoms with Gasteiger partial charge in [0.05, 0.1) is 16.6 Å².